The molecule has 0 amide bonds. The van der Waals surface area contributed by atoms with E-state index in [1.165, 1.54) is 0 Å². The number of hydrogen-bond donors (Lipinski definition) is 1. The number of pyridine rings is 2. The molecular weight excluding hydrogens is 262 g/mol. The molecule has 0 saturated heterocycles. The summed E-state index contributed by atoms with van der Waals surface area (Å²) in [5.74, 6) is 1.32. The van der Waals surface area contributed by atoms with Gasteiger partial charge in [-0.25, -0.2) is 4.98 Å². The van der Waals surface area contributed by atoms with Crippen molar-refractivity contribution in [3.05, 3.63) is 54.0 Å². The Kier molecular flexibility index (Phi) is 6.16. The van der Waals surface area contributed by atoms with Crippen LogP contribution in [0.5, 0.6) is 5.88 Å². The van der Waals surface area contributed by atoms with E-state index in [0.717, 1.165) is 30.9 Å². The zero-order valence-corrected chi connectivity index (χ0v) is 12.7. The second-order valence-corrected chi connectivity index (χ2v) is 5.41. The molecule has 0 aliphatic rings. The summed E-state index contributed by atoms with van der Waals surface area (Å²) < 4.78 is 5.70. The minimum Gasteiger partial charge on any atom is -0.477 e. The lowest BCUT2D eigenvalue weighted by molar-refractivity contribution is 0.307. The Morgan fingerprint density at radius 1 is 1.10 bits per heavy atom. The minimum absolute atomic E-state index is 0.590. The average molecular weight is 285 g/mol. The molecule has 0 fully saturated rings. The third kappa shape index (κ3) is 5.92. The van der Waals surface area contributed by atoms with Gasteiger partial charge in [0.15, 0.2) is 0 Å². The topological polar surface area (TPSA) is 47.0 Å². The average Bonchev–Trinajstić information content (AvgIpc) is 2.48. The fourth-order valence-corrected chi connectivity index (χ4v) is 1.93. The zero-order chi connectivity index (χ0) is 14.9. The molecule has 2 aromatic heterocycles. The summed E-state index contributed by atoms with van der Waals surface area (Å²) in [6.45, 7) is 6.74. The van der Waals surface area contributed by atoms with Gasteiger partial charge in [0.1, 0.15) is 0 Å². The van der Waals surface area contributed by atoms with Crippen LogP contribution in [0.4, 0.5) is 0 Å². The molecule has 112 valence electrons. The Morgan fingerprint density at radius 3 is 2.71 bits per heavy atom. The highest BCUT2D eigenvalue weighted by Gasteiger charge is 2.01. The van der Waals surface area contributed by atoms with Gasteiger partial charge in [-0.2, -0.15) is 0 Å². The third-order valence-electron chi connectivity index (χ3n) is 2.97. The Labute approximate surface area is 126 Å². The first-order chi connectivity index (χ1) is 10.2. The summed E-state index contributed by atoms with van der Waals surface area (Å²) in [5.41, 5.74) is 2.04. The van der Waals surface area contributed by atoms with E-state index >= 15 is 0 Å². The molecular formula is C17H23N3O. The predicted molar refractivity (Wildman–Crippen MR) is 84.2 cm³/mol. The number of rotatable bonds is 8. The fraction of sp³-hybridized carbons (Fsp3) is 0.412. The van der Waals surface area contributed by atoms with E-state index in [0.29, 0.717) is 18.4 Å². The van der Waals surface area contributed by atoms with Crippen LogP contribution < -0.4 is 10.1 Å². The van der Waals surface area contributed by atoms with Crippen LogP contribution in [-0.4, -0.2) is 23.1 Å². The first-order valence-electron chi connectivity index (χ1n) is 7.43. The highest BCUT2D eigenvalue weighted by Crippen LogP contribution is 2.08. The number of hydrogen-bond acceptors (Lipinski definition) is 4. The Morgan fingerprint density at radius 2 is 1.95 bits per heavy atom. The van der Waals surface area contributed by atoms with Gasteiger partial charge < -0.3 is 10.1 Å². The van der Waals surface area contributed by atoms with Crippen LogP contribution in [0.3, 0.4) is 0 Å². The van der Waals surface area contributed by atoms with Crippen molar-refractivity contribution in [3.8, 4) is 5.88 Å². The number of nitrogens with one attached hydrogen (secondary N) is 1. The van der Waals surface area contributed by atoms with E-state index < -0.39 is 0 Å². The van der Waals surface area contributed by atoms with Gasteiger partial charge in [0, 0.05) is 30.9 Å². The van der Waals surface area contributed by atoms with Gasteiger partial charge in [-0.15, -0.1) is 0 Å². The van der Waals surface area contributed by atoms with E-state index in [1.807, 2.05) is 36.4 Å². The molecule has 0 aromatic carbocycles. The molecule has 21 heavy (non-hydrogen) atoms. The summed E-state index contributed by atoms with van der Waals surface area (Å²) in [6.07, 6.45) is 2.59. The van der Waals surface area contributed by atoms with Gasteiger partial charge in [0.2, 0.25) is 5.88 Å². The molecule has 0 unspecified atom stereocenters. The lowest BCUT2D eigenvalue weighted by Crippen LogP contribution is -2.19. The molecule has 0 aliphatic heterocycles. The van der Waals surface area contributed by atoms with Crippen molar-refractivity contribution in [1.82, 2.24) is 15.3 Å². The molecule has 2 aromatic rings. The largest absolute Gasteiger partial charge is 0.477 e. The van der Waals surface area contributed by atoms with Gasteiger partial charge >= 0.3 is 0 Å². The monoisotopic (exact) mass is 285 g/mol. The molecule has 0 aliphatic carbocycles. The van der Waals surface area contributed by atoms with Gasteiger partial charge in [-0.3, -0.25) is 4.98 Å². The van der Waals surface area contributed by atoms with Crippen molar-refractivity contribution in [2.75, 3.05) is 13.2 Å². The second-order valence-electron chi connectivity index (χ2n) is 5.41. The molecule has 2 heterocycles. The molecule has 2 rings (SSSR count). The lowest BCUT2D eigenvalue weighted by atomic mass is 10.2. The van der Waals surface area contributed by atoms with Crippen LogP contribution in [-0.2, 0) is 13.0 Å². The van der Waals surface area contributed by atoms with Crippen molar-refractivity contribution in [1.29, 1.82) is 0 Å². The van der Waals surface area contributed by atoms with Crippen LogP contribution in [0.2, 0.25) is 0 Å². The molecule has 0 radical (unpaired) electrons. The molecule has 0 bridgehead atoms. The van der Waals surface area contributed by atoms with Crippen LogP contribution in [0.1, 0.15) is 25.2 Å². The second kappa shape index (κ2) is 8.37. The minimum atomic E-state index is 0.590. The van der Waals surface area contributed by atoms with E-state index in [-0.39, 0.29) is 0 Å². The Balaban J connectivity index is 1.78. The van der Waals surface area contributed by atoms with Gasteiger partial charge in [0.25, 0.3) is 0 Å². The first-order valence-corrected chi connectivity index (χ1v) is 7.43. The van der Waals surface area contributed by atoms with Crippen LogP contribution in [0.25, 0.3) is 0 Å². The summed E-state index contributed by atoms with van der Waals surface area (Å²) in [4.78, 5) is 8.77. The molecule has 1 N–H and O–H groups in total. The quantitative estimate of drug-likeness (QED) is 0.810. The maximum absolute atomic E-state index is 5.70. The maximum Gasteiger partial charge on any atom is 0.213 e. The zero-order valence-electron chi connectivity index (χ0n) is 12.7. The first kappa shape index (κ1) is 15.4. The number of aromatic nitrogens is 2. The van der Waals surface area contributed by atoms with Crippen LogP contribution >= 0.6 is 0 Å². The SMILES string of the molecule is CC(C)CNCc1cccc(OCCc2ccccn2)n1. The van der Waals surface area contributed by atoms with Crippen LogP contribution in [0, 0.1) is 5.92 Å². The molecule has 4 heteroatoms. The normalized spacial score (nSPS) is 10.8. The Bertz CT molecular complexity index is 529. The van der Waals surface area contributed by atoms with Crippen molar-refractivity contribution < 1.29 is 4.74 Å². The van der Waals surface area contributed by atoms with E-state index in [4.69, 9.17) is 4.74 Å². The van der Waals surface area contributed by atoms with Gasteiger partial charge in [-0.05, 0) is 30.7 Å². The van der Waals surface area contributed by atoms with E-state index in [1.54, 1.807) is 6.20 Å². The molecule has 0 atom stereocenters. The lowest BCUT2D eigenvalue weighted by Gasteiger charge is -2.09. The van der Waals surface area contributed by atoms with Crippen molar-refractivity contribution in [2.24, 2.45) is 5.92 Å². The Hall–Kier alpha value is -1.94. The fourth-order valence-electron chi connectivity index (χ4n) is 1.93. The number of ether oxygens (including phenoxy) is 1. The maximum atomic E-state index is 5.70. The summed E-state index contributed by atoms with van der Waals surface area (Å²) in [5, 5.41) is 3.38. The van der Waals surface area contributed by atoms with E-state index in [9.17, 15) is 0 Å². The predicted octanol–water partition coefficient (Wildman–Crippen LogP) is 2.84. The van der Waals surface area contributed by atoms with Crippen LogP contribution in [0.15, 0.2) is 42.6 Å². The molecule has 0 spiro atoms. The molecule has 4 nitrogen and oxygen atoms in total. The number of nitrogens with zero attached hydrogens (tertiary/aromatic N) is 2. The van der Waals surface area contributed by atoms with Gasteiger partial charge in [0.05, 0.1) is 12.3 Å². The summed E-state index contributed by atoms with van der Waals surface area (Å²) in [7, 11) is 0. The molecule has 0 saturated carbocycles. The summed E-state index contributed by atoms with van der Waals surface area (Å²) >= 11 is 0. The van der Waals surface area contributed by atoms with Crippen molar-refractivity contribution in [2.45, 2.75) is 26.8 Å². The van der Waals surface area contributed by atoms with Crippen molar-refractivity contribution in [3.63, 3.8) is 0 Å². The third-order valence-corrected chi connectivity index (χ3v) is 2.97. The standard InChI is InChI=1S/C17H23N3O/c1-14(2)12-18-13-16-7-5-8-17(20-16)21-11-9-15-6-3-4-10-19-15/h3-8,10,14,18H,9,11-13H2,1-2H3. The smallest absolute Gasteiger partial charge is 0.213 e. The van der Waals surface area contributed by atoms with Crippen molar-refractivity contribution >= 4 is 0 Å². The van der Waals surface area contributed by atoms with Gasteiger partial charge in [-0.1, -0.05) is 26.0 Å². The highest BCUT2D eigenvalue weighted by atomic mass is 16.5. The highest BCUT2D eigenvalue weighted by molar-refractivity contribution is 5.16. The van der Waals surface area contributed by atoms with E-state index in [2.05, 4.69) is 29.1 Å². The summed E-state index contributed by atoms with van der Waals surface area (Å²) in [6, 6.07) is 11.8.